The molecule has 0 saturated carbocycles. The number of carbonyl (C=O) groups excluding carboxylic acids is 2. The van der Waals surface area contributed by atoms with Crippen molar-refractivity contribution in [2.75, 3.05) is 18.2 Å². The van der Waals surface area contributed by atoms with E-state index in [1.807, 2.05) is 7.05 Å². The number of thioether (sulfide) groups is 1. The van der Waals surface area contributed by atoms with Crippen LogP contribution in [0.5, 0.6) is 0 Å². The Kier molecular flexibility index (Phi) is 7.37. The Bertz CT molecular complexity index is 1140. The number of carbonyl (C=O) groups is 2. The van der Waals surface area contributed by atoms with Gasteiger partial charge in [0.2, 0.25) is 5.91 Å². The number of nitrogens with one attached hydrogen (secondary N) is 1. The number of hydrogen-bond donors (Lipinski definition) is 1. The van der Waals surface area contributed by atoms with Gasteiger partial charge in [-0.1, -0.05) is 24.6 Å². The molecule has 4 rings (SSSR count). The van der Waals surface area contributed by atoms with E-state index in [4.69, 9.17) is 9.15 Å². The number of esters is 1. The molecule has 8 nitrogen and oxygen atoms in total. The zero-order valence-corrected chi connectivity index (χ0v) is 21.0. The number of rotatable bonds is 6. The highest BCUT2D eigenvalue weighted by Crippen LogP contribution is 2.37. The van der Waals surface area contributed by atoms with E-state index in [0.717, 1.165) is 37.7 Å². The average Bonchev–Trinajstić information content (AvgIpc) is 3.43. The van der Waals surface area contributed by atoms with Gasteiger partial charge in [0.15, 0.2) is 21.4 Å². The Morgan fingerprint density at radius 1 is 1.25 bits per heavy atom. The van der Waals surface area contributed by atoms with Crippen molar-refractivity contribution in [2.24, 2.45) is 7.05 Å². The topological polar surface area (TPSA) is 99.2 Å². The van der Waals surface area contributed by atoms with Crippen molar-refractivity contribution in [2.45, 2.75) is 43.7 Å². The third kappa shape index (κ3) is 4.94. The minimum atomic E-state index is -0.395. The average molecular weight is 539 g/mol. The standard InChI is InChI=1S/C21H23BrN4O4S2/c1-26-18(13-9-10-15(22)30-13)24-25-21(26)31-11-16(27)23-19-17(20(28)29-2)12-7-5-3-4-6-8-14(12)32-19/h9-10H,3-8,11H2,1-2H3,(H,23,27). The number of amides is 1. The summed E-state index contributed by atoms with van der Waals surface area (Å²) in [5, 5.41) is 12.4. The number of anilines is 1. The summed E-state index contributed by atoms with van der Waals surface area (Å²) in [7, 11) is 3.20. The van der Waals surface area contributed by atoms with Crippen LogP contribution in [0, 0.1) is 0 Å². The number of aromatic nitrogens is 3. The number of thiophene rings is 1. The van der Waals surface area contributed by atoms with Crippen LogP contribution in [0.4, 0.5) is 5.00 Å². The number of nitrogens with zero attached hydrogens (tertiary/aromatic N) is 3. The number of halogens is 1. The van der Waals surface area contributed by atoms with Crippen LogP contribution in [-0.4, -0.2) is 39.5 Å². The van der Waals surface area contributed by atoms with E-state index in [0.29, 0.717) is 32.0 Å². The normalized spacial score (nSPS) is 13.8. The molecule has 1 N–H and O–H groups in total. The first kappa shape index (κ1) is 23.1. The molecule has 3 aromatic rings. The van der Waals surface area contributed by atoms with Crippen molar-refractivity contribution in [1.82, 2.24) is 14.8 Å². The molecule has 3 aromatic heterocycles. The highest BCUT2D eigenvalue weighted by atomic mass is 79.9. The van der Waals surface area contributed by atoms with Gasteiger partial charge in [-0.25, -0.2) is 4.79 Å². The Labute approximate surface area is 202 Å². The van der Waals surface area contributed by atoms with Crippen molar-refractivity contribution in [1.29, 1.82) is 0 Å². The van der Waals surface area contributed by atoms with Crippen LogP contribution in [0.25, 0.3) is 11.6 Å². The van der Waals surface area contributed by atoms with E-state index in [2.05, 4.69) is 31.4 Å². The first-order valence-electron chi connectivity index (χ1n) is 10.3. The molecule has 0 radical (unpaired) electrons. The Morgan fingerprint density at radius 2 is 2.03 bits per heavy atom. The fraction of sp³-hybridized carbons (Fsp3) is 0.429. The van der Waals surface area contributed by atoms with Crippen molar-refractivity contribution in [3.8, 4) is 11.6 Å². The van der Waals surface area contributed by atoms with E-state index in [-0.39, 0.29) is 11.7 Å². The maximum atomic E-state index is 12.7. The molecule has 1 aliphatic carbocycles. The van der Waals surface area contributed by atoms with E-state index in [1.165, 1.54) is 41.5 Å². The minimum absolute atomic E-state index is 0.136. The lowest BCUT2D eigenvalue weighted by atomic mass is 9.96. The lowest BCUT2D eigenvalue weighted by Gasteiger charge is -2.11. The Morgan fingerprint density at radius 3 is 2.75 bits per heavy atom. The number of methoxy groups -OCH3 is 1. The summed E-state index contributed by atoms with van der Waals surface area (Å²) < 4.78 is 12.9. The van der Waals surface area contributed by atoms with Crippen LogP contribution in [-0.2, 0) is 29.4 Å². The van der Waals surface area contributed by atoms with Crippen molar-refractivity contribution in [3.05, 3.63) is 32.8 Å². The molecule has 0 atom stereocenters. The minimum Gasteiger partial charge on any atom is -0.465 e. The second kappa shape index (κ2) is 10.2. The second-order valence-corrected chi connectivity index (χ2v) is 10.2. The number of fused-ring (bicyclic) bond motifs is 1. The highest BCUT2D eigenvalue weighted by molar-refractivity contribution is 9.10. The smallest absolute Gasteiger partial charge is 0.341 e. The summed E-state index contributed by atoms with van der Waals surface area (Å²) >= 11 is 6.04. The van der Waals surface area contributed by atoms with Crippen LogP contribution in [0.2, 0.25) is 0 Å². The maximum Gasteiger partial charge on any atom is 0.341 e. The number of hydrogen-bond acceptors (Lipinski definition) is 8. The van der Waals surface area contributed by atoms with Crippen LogP contribution >= 0.6 is 39.0 Å². The Balaban J connectivity index is 1.47. The van der Waals surface area contributed by atoms with Gasteiger partial charge >= 0.3 is 5.97 Å². The molecular formula is C21H23BrN4O4S2. The van der Waals surface area contributed by atoms with Crippen molar-refractivity contribution in [3.63, 3.8) is 0 Å². The van der Waals surface area contributed by atoms with Gasteiger partial charge in [0, 0.05) is 11.9 Å². The molecule has 0 spiro atoms. The summed E-state index contributed by atoms with van der Waals surface area (Å²) in [6, 6.07) is 3.58. The molecule has 3 heterocycles. The van der Waals surface area contributed by atoms with E-state index in [1.54, 1.807) is 16.7 Å². The van der Waals surface area contributed by atoms with Gasteiger partial charge < -0.3 is 19.0 Å². The lowest BCUT2D eigenvalue weighted by Crippen LogP contribution is -2.16. The van der Waals surface area contributed by atoms with Gasteiger partial charge in [-0.3, -0.25) is 4.79 Å². The zero-order valence-electron chi connectivity index (χ0n) is 17.8. The fourth-order valence-corrected chi connectivity index (χ4v) is 6.02. The highest BCUT2D eigenvalue weighted by Gasteiger charge is 2.26. The quantitative estimate of drug-likeness (QED) is 0.345. The molecule has 32 heavy (non-hydrogen) atoms. The molecule has 170 valence electrons. The van der Waals surface area contributed by atoms with Gasteiger partial charge in [0.1, 0.15) is 5.00 Å². The molecule has 0 fully saturated rings. The summed E-state index contributed by atoms with van der Waals surface area (Å²) in [5.41, 5.74) is 1.55. The van der Waals surface area contributed by atoms with Crippen LogP contribution in [0.3, 0.4) is 0 Å². The van der Waals surface area contributed by atoms with Gasteiger partial charge in [0.05, 0.1) is 18.4 Å². The summed E-state index contributed by atoms with van der Waals surface area (Å²) in [6.45, 7) is 0. The van der Waals surface area contributed by atoms with Crippen molar-refractivity contribution < 1.29 is 18.7 Å². The zero-order chi connectivity index (χ0) is 22.7. The predicted octanol–water partition coefficient (Wildman–Crippen LogP) is 5.08. The first-order chi connectivity index (χ1) is 15.5. The summed E-state index contributed by atoms with van der Waals surface area (Å²) in [6.07, 6.45) is 6.25. The molecule has 1 aliphatic rings. The number of furan rings is 1. The summed E-state index contributed by atoms with van der Waals surface area (Å²) in [4.78, 5) is 26.4. The molecule has 1 amide bonds. The Hall–Kier alpha value is -2.11. The molecule has 0 aliphatic heterocycles. The molecule has 0 saturated heterocycles. The fourth-order valence-electron chi connectivity index (χ4n) is 3.71. The van der Waals surface area contributed by atoms with Gasteiger partial charge in [-0.2, -0.15) is 0 Å². The van der Waals surface area contributed by atoms with Crippen LogP contribution in [0.1, 0.15) is 46.5 Å². The number of aryl methyl sites for hydroxylation is 1. The van der Waals surface area contributed by atoms with E-state index < -0.39 is 5.97 Å². The first-order valence-corrected chi connectivity index (χ1v) is 12.9. The van der Waals surface area contributed by atoms with Gasteiger partial charge in [-0.15, -0.1) is 21.5 Å². The maximum absolute atomic E-state index is 12.7. The van der Waals surface area contributed by atoms with E-state index >= 15 is 0 Å². The second-order valence-electron chi connectivity index (χ2n) is 7.42. The monoisotopic (exact) mass is 538 g/mol. The molecule has 11 heteroatoms. The number of ether oxygens (including phenoxy) is 1. The van der Waals surface area contributed by atoms with Crippen LogP contribution < -0.4 is 5.32 Å². The largest absolute Gasteiger partial charge is 0.465 e. The SMILES string of the molecule is COC(=O)c1c(NC(=O)CSc2nnc(-c3ccc(Br)o3)n2C)sc2c1CCCCCC2. The third-order valence-corrected chi connectivity index (χ3v) is 7.93. The molecule has 0 bridgehead atoms. The van der Waals surface area contributed by atoms with Crippen molar-refractivity contribution >= 4 is 55.9 Å². The van der Waals surface area contributed by atoms with Gasteiger partial charge in [-0.05, 0) is 59.3 Å². The predicted molar refractivity (Wildman–Crippen MR) is 127 cm³/mol. The van der Waals surface area contributed by atoms with Crippen LogP contribution in [0.15, 0.2) is 26.4 Å². The van der Waals surface area contributed by atoms with E-state index in [9.17, 15) is 9.59 Å². The lowest BCUT2D eigenvalue weighted by molar-refractivity contribution is -0.113. The van der Waals surface area contributed by atoms with Gasteiger partial charge in [0.25, 0.3) is 0 Å². The molecule has 0 aromatic carbocycles. The third-order valence-electron chi connectivity index (χ3n) is 5.27. The molecule has 0 unspecified atom stereocenters. The molecular weight excluding hydrogens is 516 g/mol. The summed E-state index contributed by atoms with van der Waals surface area (Å²) in [5.74, 6) is 0.691.